The summed E-state index contributed by atoms with van der Waals surface area (Å²) < 4.78 is 27.1. The number of anilines is 1. The first kappa shape index (κ1) is 20.9. The van der Waals surface area contributed by atoms with Gasteiger partial charge >= 0.3 is 0 Å². The molecule has 0 spiro atoms. The summed E-state index contributed by atoms with van der Waals surface area (Å²) in [4.78, 5) is 19.6. The summed E-state index contributed by atoms with van der Waals surface area (Å²) in [5.74, 6) is -0.240. The van der Waals surface area contributed by atoms with Gasteiger partial charge in [-0.05, 0) is 50.2 Å². The molecule has 0 atom stereocenters. The maximum Gasteiger partial charge on any atom is 0.252 e. The molecule has 10 heteroatoms. The second kappa shape index (κ2) is 9.22. The van der Waals surface area contributed by atoms with Crippen molar-refractivity contribution >= 4 is 43.7 Å². The lowest BCUT2D eigenvalue weighted by Gasteiger charge is -2.29. The Kier molecular flexibility index (Phi) is 6.65. The molecule has 1 N–H and O–H groups in total. The Bertz CT molecular complexity index is 912. The van der Waals surface area contributed by atoms with Gasteiger partial charge in [-0.2, -0.15) is 4.31 Å². The molecule has 0 aromatic carbocycles. The van der Waals surface area contributed by atoms with Crippen molar-refractivity contribution in [3.63, 3.8) is 0 Å². The molecule has 2 saturated heterocycles. The van der Waals surface area contributed by atoms with Crippen molar-refractivity contribution in [1.29, 1.82) is 0 Å². The summed E-state index contributed by atoms with van der Waals surface area (Å²) in [5, 5.41) is 7.35. The molecule has 0 radical (unpaired) electrons. The first-order chi connectivity index (χ1) is 14.0. The van der Waals surface area contributed by atoms with E-state index >= 15 is 0 Å². The minimum atomic E-state index is -3.43. The number of nitrogens with one attached hydrogen (secondary N) is 1. The molecule has 2 aromatic heterocycles. The van der Waals surface area contributed by atoms with Gasteiger partial charge in [0, 0.05) is 30.9 Å². The van der Waals surface area contributed by atoms with Crippen LogP contribution in [0.4, 0.5) is 5.13 Å². The van der Waals surface area contributed by atoms with Crippen molar-refractivity contribution < 1.29 is 13.2 Å². The highest BCUT2D eigenvalue weighted by Gasteiger charge is 2.32. The summed E-state index contributed by atoms with van der Waals surface area (Å²) in [6, 6.07) is 3.37. The van der Waals surface area contributed by atoms with Crippen molar-refractivity contribution in [3.8, 4) is 0 Å². The van der Waals surface area contributed by atoms with Crippen LogP contribution in [0, 0.1) is 5.92 Å². The number of nitrogens with zero attached hydrogens (tertiary/aromatic N) is 3. The molecule has 158 valence electrons. The molecule has 2 aliphatic rings. The van der Waals surface area contributed by atoms with Crippen molar-refractivity contribution in [1.82, 2.24) is 14.2 Å². The van der Waals surface area contributed by atoms with E-state index in [-0.39, 0.29) is 11.8 Å². The van der Waals surface area contributed by atoms with Gasteiger partial charge in [0.25, 0.3) is 10.0 Å². The monoisotopic (exact) mass is 454 g/mol. The first-order valence-electron chi connectivity index (χ1n) is 10.0. The molecule has 7 nitrogen and oxygen atoms in total. The Morgan fingerprint density at radius 1 is 1.14 bits per heavy atom. The second-order valence-corrected chi connectivity index (χ2v) is 11.6. The van der Waals surface area contributed by atoms with E-state index in [4.69, 9.17) is 0 Å². The number of rotatable bonds is 6. The maximum absolute atomic E-state index is 12.6. The van der Waals surface area contributed by atoms with Gasteiger partial charge in [-0.1, -0.05) is 12.5 Å². The van der Waals surface area contributed by atoms with Crippen molar-refractivity contribution in [2.24, 2.45) is 5.92 Å². The largest absolute Gasteiger partial charge is 0.302 e. The summed E-state index contributed by atoms with van der Waals surface area (Å²) in [5.41, 5.74) is 1.00. The van der Waals surface area contributed by atoms with Gasteiger partial charge < -0.3 is 5.32 Å². The van der Waals surface area contributed by atoms with Crippen molar-refractivity contribution in [3.05, 3.63) is 28.6 Å². The van der Waals surface area contributed by atoms with Gasteiger partial charge in [0.2, 0.25) is 5.91 Å². The van der Waals surface area contributed by atoms with Gasteiger partial charge in [0.1, 0.15) is 4.21 Å². The number of hydrogen-bond acceptors (Lipinski definition) is 7. The average molecular weight is 455 g/mol. The number of piperidine rings is 2. The Morgan fingerprint density at radius 3 is 2.59 bits per heavy atom. The summed E-state index contributed by atoms with van der Waals surface area (Å²) >= 11 is 2.69. The molecular formula is C19H26N4O3S3. The highest BCUT2D eigenvalue weighted by Crippen LogP contribution is 2.27. The number of thiophene rings is 1. The van der Waals surface area contributed by atoms with Gasteiger partial charge in [0.05, 0.1) is 5.69 Å². The third kappa shape index (κ3) is 5.05. The van der Waals surface area contributed by atoms with Gasteiger partial charge in [-0.15, -0.1) is 22.7 Å². The fraction of sp³-hybridized carbons (Fsp3) is 0.579. The molecule has 2 aromatic rings. The van der Waals surface area contributed by atoms with E-state index < -0.39 is 10.0 Å². The molecular weight excluding hydrogens is 428 g/mol. The third-order valence-corrected chi connectivity index (χ3v) is 9.61. The number of carbonyl (C=O) groups is 1. The third-order valence-electron chi connectivity index (χ3n) is 5.53. The van der Waals surface area contributed by atoms with Crippen LogP contribution in [0.2, 0.25) is 0 Å². The Morgan fingerprint density at radius 2 is 1.90 bits per heavy atom. The zero-order valence-electron chi connectivity index (χ0n) is 16.2. The fourth-order valence-corrected chi connectivity index (χ4v) is 7.21. The highest BCUT2D eigenvalue weighted by atomic mass is 32.2. The Hall–Kier alpha value is -1.33. The second-order valence-electron chi connectivity index (χ2n) is 7.58. The quantitative estimate of drug-likeness (QED) is 0.725. The highest BCUT2D eigenvalue weighted by molar-refractivity contribution is 7.91. The average Bonchev–Trinajstić information content (AvgIpc) is 3.42. The van der Waals surface area contributed by atoms with Crippen molar-refractivity contribution in [2.45, 2.75) is 42.9 Å². The molecule has 1 amide bonds. The van der Waals surface area contributed by atoms with Gasteiger partial charge in [-0.25, -0.2) is 13.4 Å². The van der Waals surface area contributed by atoms with Crippen LogP contribution in [0.5, 0.6) is 0 Å². The minimum absolute atomic E-state index is 0.0583. The molecule has 0 aliphatic carbocycles. The van der Waals surface area contributed by atoms with E-state index in [0.29, 0.717) is 35.3 Å². The van der Waals surface area contributed by atoms with Crippen LogP contribution >= 0.6 is 22.7 Å². The zero-order chi connectivity index (χ0) is 20.3. The number of thiazole rings is 1. The van der Waals surface area contributed by atoms with E-state index in [0.717, 1.165) is 25.3 Å². The van der Waals surface area contributed by atoms with E-state index in [1.807, 2.05) is 5.38 Å². The van der Waals surface area contributed by atoms with Crippen LogP contribution in [-0.4, -0.2) is 54.7 Å². The zero-order valence-corrected chi connectivity index (χ0v) is 18.7. The van der Waals surface area contributed by atoms with E-state index in [2.05, 4.69) is 15.2 Å². The summed E-state index contributed by atoms with van der Waals surface area (Å²) in [7, 11) is -3.43. The molecule has 0 unspecified atom stereocenters. The predicted molar refractivity (Wildman–Crippen MR) is 116 cm³/mol. The first-order valence-corrected chi connectivity index (χ1v) is 13.2. The normalized spacial score (nSPS) is 20.0. The van der Waals surface area contributed by atoms with Crippen LogP contribution in [0.15, 0.2) is 27.1 Å². The smallest absolute Gasteiger partial charge is 0.252 e. The molecule has 2 fully saturated rings. The lowest BCUT2D eigenvalue weighted by atomic mass is 9.97. The topological polar surface area (TPSA) is 82.6 Å². The summed E-state index contributed by atoms with van der Waals surface area (Å²) in [6.45, 7) is 3.82. The number of amides is 1. The number of aromatic nitrogens is 1. The maximum atomic E-state index is 12.6. The molecule has 0 saturated carbocycles. The van der Waals surface area contributed by atoms with Crippen molar-refractivity contribution in [2.75, 3.05) is 31.5 Å². The van der Waals surface area contributed by atoms with Crippen LogP contribution in [-0.2, 0) is 21.4 Å². The molecule has 4 heterocycles. The molecule has 4 rings (SSSR count). The number of carbonyl (C=O) groups excluding carboxylic acids is 1. The molecule has 2 aliphatic heterocycles. The number of likely N-dealkylation sites (tertiary alicyclic amines) is 1. The standard InChI is InChI=1S/C19H26N4O3S3/c24-18(21-19-20-16(14-28-19)13-22-8-2-1-3-9-22)15-6-10-23(11-7-15)29(25,26)17-5-4-12-27-17/h4-5,12,14-15H,1-3,6-11,13H2,(H,20,21,24). The number of sulfonamides is 1. The van der Waals surface area contributed by atoms with Crippen LogP contribution in [0.1, 0.15) is 37.8 Å². The SMILES string of the molecule is O=C(Nc1nc(CN2CCCCC2)cs1)C1CCN(S(=O)(=O)c2cccs2)CC1. The molecule has 0 bridgehead atoms. The Balaban J connectivity index is 1.28. The Labute approximate surface area is 179 Å². The van der Waals surface area contributed by atoms with E-state index in [1.54, 1.807) is 17.5 Å². The molecule has 29 heavy (non-hydrogen) atoms. The fourth-order valence-electron chi connectivity index (χ4n) is 3.89. The van der Waals surface area contributed by atoms with Crippen LogP contribution < -0.4 is 5.32 Å². The van der Waals surface area contributed by atoms with Crippen LogP contribution in [0.25, 0.3) is 0 Å². The van der Waals surface area contributed by atoms with Gasteiger partial charge in [0.15, 0.2) is 5.13 Å². The van der Waals surface area contributed by atoms with Crippen LogP contribution in [0.3, 0.4) is 0 Å². The lowest BCUT2D eigenvalue weighted by Crippen LogP contribution is -2.41. The minimum Gasteiger partial charge on any atom is -0.302 e. The van der Waals surface area contributed by atoms with E-state index in [9.17, 15) is 13.2 Å². The van der Waals surface area contributed by atoms with Gasteiger partial charge in [-0.3, -0.25) is 9.69 Å². The summed E-state index contributed by atoms with van der Waals surface area (Å²) in [6.07, 6.45) is 4.86. The number of hydrogen-bond donors (Lipinski definition) is 1. The predicted octanol–water partition coefficient (Wildman–Crippen LogP) is 3.23. The van der Waals surface area contributed by atoms with E-state index in [1.165, 1.54) is 46.2 Å². The lowest BCUT2D eigenvalue weighted by molar-refractivity contribution is -0.120.